The van der Waals surface area contributed by atoms with Gasteiger partial charge in [-0.05, 0) is 25.2 Å². The molecular weight excluding hydrogens is 256 g/mol. The highest BCUT2D eigenvalue weighted by molar-refractivity contribution is 5.97. The second kappa shape index (κ2) is 6.26. The van der Waals surface area contributed by atoms with Crippen molar-refractivity contribution in [1.82, 2.24) is 14.7 Å². The Balaban J connectivity index is 2.08. The molecule has 6 heteroatoms. The van der Waals surface area contributed by atoms with Gasteiger partial charge in [-0.15, -0.1) is 0 Å². The highest BCUT2D eigenvalue weighted by Crippen LogP contribution is 2.21. The molecule has 1 aliphatic heterocycles. The molecule has 1 saturated heterocycles. The molecule has 112 valence electrons. The molecule has 1 aromatic rings. The van der Waals surface area contributed by atoms with Crippen molar-refractivity contribution in [2.75, 3.05) is 32.5 Å². The Kier molecular flexibility index (Phi) is 4.65. The Bertz CT molecular complexity index is 478. The van der Waals surface area contributed by atoms with E-state index in [1.807, 2.05) is 14.0 Å². The van der Waals surface area contributed by atoms with Crippen molar-refractivity contribution in [2.24, 2.45) is 13.0 Å². The van der Waals surface area contributed by atoms with Crippen molar-refractivity contribution in [2.45, 2.75) is 26.2 Å². The summed E-state index contributed by atoms with van der Waals surface area (Å²) in [5.41, 5.74) is 7.83. The van der Waals surface area contributed by atoms with Crippen LogP contribution in [0.4, 0.5) is 5.69 Å². The van der Waals surface area contributed by atoms with Gasteiger partial charge >= 0.3 is 0 Å². The van der Waals surface area contributed by atoms with Crippen molar-refractivity contribution in [1.29, 1.82) is 0 Å². The van der Waals surface area contributed by atoms with Crippen LogP contribution in [-0.4, -0.2) is 47.4 Å². The van der Waals surface area contributed by atoms with E-state index in [9.17, 15) is 4.79 Å². The van der Waals surface area contributed by atoms with Gasteiger partial charge in [-0.25, -0.2) is 0 Å². The van der Waals surface area contributed by atoms with Crippen molar-refractivity contribution in [3.05, 3.63) is 11.4 Å². The first-order valence-electron chi connectivity index (χ1n) is 7.19. The number of hydrogen-bond donors (Lipinski definition) is 1. The fourth-order valence-electron chi connectivity index (χ4n) is 2.69. The maximum atomic E-state index is 12.5. The van der Waals surface area contributed by atoms with Crippen LogP contribution in [0, 0.1) is 5.92 Å². The molecule has 1 amide bonds. The Morgan fingerprint density at radius 1 is 1.50 bits per heavy atom. The average Bonchev–Trinajstić information content (AvgIpc) is 2.73. The van der Waals surface area contributed by atoms with Crippen LogP contribution in [0.15, 0.2) is 0 Å². The van der Waals surface area contributed by atoms with Gasteiger partial charge in [0, 0.05) is 33.9 Å². The second-order valence-electron chi connectivity index (χ2n) is 5.43. The number of carbonyl (C=O) groups is 1. The molecule has 2 rings (SSSR count). The van der Waals surface area contributed by atoms with Crippen LogP contribution in [0.2, 0.25) is 0 Å². The summed E-state index contributed by atoms with van der Waals surface area (Å²) in [5.74, 6) is 0.460. The summed E-state index contributed by atoms with van der Waals surface area (Å²) >= 11 is 0. The summed E-state index contributed by atoms with van der Waals surface area (Å²) in [6.07, 6.45) is 2.76. The Labute approximate surface area is 119 Å². The fraction of sp³-hybridized carbons (Fsp3) is 0.714. The molecular formula is C14H24N4O2. The molecule has 0 aromatic carbocycles. The molecule has 0 spiro atoms. The van der Waals surface area contributed by atoms with Crippen LogP contribution in [0.3, 0.4) is 0 Å². The minimum Gasteiger partial charge on any atom is -0.395 e. The van der Waals surface area contributed by atoms with Crippen molar-refractivity contribution >= 4 is 11.6 Å². The lowest BCUT2D eigenvalue weighted by atomic mass is 10.00. The first kappa shape index (κ1) is 14.8. The van der Waals surface area contributed by atoms with Gasteiger partial charge in [0.25, 0.3) is 5.91 Å². The molecule has 0 atom stereocenters. The number of ether oxygens (including phenoxy) is 1. The van der Waals surface area contributed by atoms with E-state index in [4.69, 9.17) is 10.5 Å². The summed E-state index contributed by atoms with van der Waals surface area (Å²) < 4.78 is 6.94. The molecule has 0 bridgehead atoms. The molecule has 0 saturated carbocycles. The van der Waals surface area contributed by atoms with Crippen LogP contribution in [0.5, 0.6) is 0 Å². The van der Waals surface area contributed by atoms with Crippen molar-refractivity contribution in [3.63, 3.8) is 0 Å². The first-order chi connectivity index (χ1) is 9.54. The van der Waals surface area contributed by atoms with E-state index >= 15 is 0 Å². The average molecular weight is 280 g/mol. The zero-order chi connectivity index (χ0) is 14.7. The summed E-state index contributed by atoms with van der Waals surface area (Å²) in [4.78, 5) is 14.3. The third kappa shape index (κ3) is 2.95. The molecule has 1 aliphatic rings. The predicted molar refractivity (Wildman–Crippen MR) is 77.5 cm³/mol. The number of nitrogens with two attached hydrogens (primary N) is 1. The lowest BCUT2D eigenvalue weighted by Crippen LogP contribution is -2.35. The zero-order valence-electron chi connectivity index (χ0n) is 12.6. The Morgan fingerprint density at radius 2 is 2.15 bits per heavy atom. The summed E-state index contributed by atoms with van der Waals surface area (Å²) in [6, 6.07) is 0. The normalized spacial score (nSPS) is 16.4. The first-order valence-corrected chi connectivity index (χ1v) is 7.19. The fourth-order valence-corrected chi connectivity index (χ4v) is 2.69. The lowest BCUT2D eigenvalue weighted by Gasteiger charge is -2.27. The molecule has 6 nitrogen and oxygen atoms in total. The van der Waals surface area contributed by atoms with Crippen molar-refractivity contribution in [3.8, 4) is 0 Å². The van der Waals surface area contributed by atoms with Crippen molar-refractivity contribution < 1.29 is 9.53 Å². The standard InChI is InChI=1S/C14H24N4O2/c1-4-11-12(15)13(18(3)16-11)14(19)17(2)9-10-5-7-20-8-6-10/h10H,4-9,15H2,1-3H3. The number of nitrogens with zero attached hydrogens (tertiary/aromatic N) is 3. The number of anilines is 1. The highest BCUT2D eigenvalue weighted by Gasteiger charge is 2.24. The molecule has 1 fully saturated rings. The van der Waals surface area contributed by atoms with Crippen LogP contribution in [-0.2, 0) is 18.2 Å². The number of rotatable bonds is 4. The molecule has 0 aliphatic carbocycles. The zero-order valence-corrected chi connectivity index (χ0v) is 12.6. The van der Waals surface area contributed by atoms with Gasteiger partial charge in [0.2, 0.25) is 0 Å². The maximum absolute atomic E-state index is 12.5. The summed E-state index contributed by atoms with van der Waals surface area (Å²) in [7, 11) is 3.60. The predicted octanol–water partition coefficient (Wildman–Crippen LogP) is 1.06. The smallest absolute Gasteiger partial charge is 0.274 e. The third-order valence-electron chi connectivity index (χ3n) is 3.92. The van der Waals surface area contributed by atoms with E-state index in [0.717, 1.165) is 44.7 Å². The molecule has 20 heavy (non-hydrogen) atoms. The van der Waals surface area contributed by atoms with Gasteiger partial charge in [0.05, 0.1) is 11.4 Å². The number of carbonyl (C=O) groups excluding carboxylic acids is 1. The molecule has 2 heterocycles. The maximum Gasteiger partial charge on any atom is 0.274 e. The summed E-state index contributed by atoms with van der Waals surface area (Å²) in [6.45, 7) is 4.31. The Morgan fingerprint density at radius 3 is 2.70 bits per heavy atom. The van der Waals surface area contributed by atoms with E-state index in [-0.39, 0.29) is 5.91 Å². The summed E-state index contributed by atoms with van der Waals surface area (Å²) in [5, 5.41) is 4.30. The van der Waals surface area contributed by atoms with E-state index in [1.54, 1.807) is 16.6 Å². The monoisotopic (exact) mass is 280 g/mol. The topological polar surface area (TPSA) is 73.4 Å². The number of aromatic nitrogens is 2. The van der Waals surface area contributed by atoms with Crippen LogP contribution in [0.1, 0.15) is 35.9 Å². The third-order valence-corrected chi connectivity index (χ3v) is 3.92. The quantitative estimate of drug-likeness (QED) is 0.895. The minimum atomic E-state index is -0.0521. The van der Waals surface area contributed by atoms with Gasteiger partial charge in [0.15, 0.2) is 0 Å². The lowest BCUT2D eigenvalue weighted by molar-refractivity contribution is 0.0493. The number of nitrogen functional groups attached to an aromatic ring is 1. The van der Waals surface area contributed by atoms with Crippen LogP contribution < -0.4 is 5.73 Å². The van der Waals surface area contributed by atoms with Crippen LogP contribution in [0.25, 0.3) is 0 Å². The van der Waals surface area contributed by atoms with E-state index in [2.05, 4.69) is 5.10 Å². The van der Waals surface area contributed by atoms with Gasteiger partial charge in [-0.2, -0.15) is 5.10 Å². The molecule has 2 N–H and O–H groups in total. The minimum absolute atomic E-state index is 0.0521. The van der Waals surface area contributed by atoms with E-state index in [0.29, 0.717) is 17.3 Å². The SMILES string of the molecule is CCc1nn(C)c(C(=O)N(C)CC2CCOCC2)c1N. The molecule has 0 unspecified atom stereocenters. The molecule has 0 radical (unpaired) electrons. The van der Waals surface area contributed by atoms with Gasteiger partial charge in [-0.3, -0.25) is 9.48 Å². The number of aryl methyl sites for hydroxylation is 2. The van der Waals surface area contributed by atoms with E-state index < -0.39 is 0 Å². The largest absolute Gasteiger partial charge is 0.395 e. The number of amides is 1. The second-order valence-corrected chi connectivity index (χ2v) is 5.43. The van der Waals surface area contributed by atoms with Gasteiger partial charge < -0.3 is 15.4 Å². The molecule has 1 aromatic heterocycles. The highest BCUT2D eigenvalue weighted by atomic mass is 16.5. The Hall–Kier alpha value is -1.56. The van der Waals surface area contributed by atoms with Crippen LogP contribution >= 0.6 is 0 Å². The van der Waals surface area contributed by atoms with Gasteiger partial charge in [-0.1, -0.05) is 6.92 Å². The number of hydrogen-bond acceptors (Lipinski definition) is 4. The van der Waals surface area contributed by atoms with Gasteiger partial charge in [0.1, 0.15) is 5.69 Å². The van der Waals surface area contributed by atoms with E-state index in [1.165, 1.54) is 0 Å².